The summed E-state index contributed by atoms with van der Waals surface area (Å²) >= 11 is 0. The number of aliphatic hydroxyl groups excluding tert-OH is 1. The Balaban J connectivity index is 1.50. The summed E-state index contributed by atoms with van der Waals surface area (Å²) in [7, 11) is 0.134. The second-order valence-electron chi connectivity index (χ2n) is 13.8. The number of ether oxygens (including phenoxy) is 3. The molecule has 0 bridgehead atoms. The van der Waals surface area contributed by atoms with Gasteiger partial charge in [0.2, 0.25) is 0 Å². The number of hydrogen-bond donors (Lipinski definition) is 3. The zero-order chi connectivity index (χ0) is 31.0. The van der Waals surface area contributed by atoms with Crippen LogP contribution in [0.1, 0.15) is 75.3 Å². The summed E-state index contributed by atoms with van der Waals surface area (Å²) in [5, 5.41) is 31.6. The van der Waals surface area contributed by atoms with E-state index in [-0.39, 0.29) is 18.8 Å². The van der Waals surface area contributed by atoms with E-state index in [0.29, 0.717) is 31.0 Å². The molecule has 0 radical (unpaired) electrons. The van der Waals surface area contributed by atoms with E-state index in [1.807, 2.05) is 25.3 Å². The molecule has 238 valence electrons. The summed E-state index contributed by atoms with van der Waals surface area (Å²) in [6.45, 7) is 10.9. The van der Waals surface area contributed by atoms with Crippen LogP contribution in [0.4, 0.5) is 0 Å². The van der Waals surface area contributed by atoms with Gasteiger partial charge in [-0.1, -0.05) is 26.0 Å². The summed E-state index contributed by atoms with van der Waals surface area (Å²) in [6.07, 6.45) is 6.99. The molecule has 3 aliphatic rings. The second-order valence-corrected chi connectivity index (χ2v) is 13.8. The third-order valence-electron chi connectivity index (χ3n) is 9.79. The standard InChI is InChI=1S/C34H48BN3O6/c1-22(42-4)32-29(15-23(18-36-32)24-19-37(20-24)26-6-7-26)33-30(17-34(2,3)21-39)28-16-25(35(40)41)5-8-31(28)38(33)11-14-44-27-9-12-43-13-10-27/h5,8,15-16,18,22,24,26-27,39-41H,6-7,9-14,17,19-21H2,1-4H3/t22-/m0/s1. The van der Waals surface area contributed by atoms with Gasteiger partial charge in [0.15, 0.2) is 0 Å². The van der Waals surface area contributed by atoms with E-state index in [9.17, 15) is 15.2 Å². The van der Waals surface area contributed by atoms with E-state index < -0.39 is 12.5 Å². The number of benzene rings is 1. The Labute approximate surface area is 261 Å². The van der Waals surface area contributed by atoms with Crippen molar-refractivity contribution in [1.29, 1.82) is 0 Å². The predicted molar refractivity (Wildman–Crippen MR) is 172 cm³/mol. The predicted octanol–water partition coefficient (Wildman–Crippen LogP) is 3.41. The lowest BCUT2D eigenvalue weighted by molar-refractivity contribution is -0.0336. The van der Waals surface area contributed by atoms with Gasteiger partial charge in [0.1, 0.15) is 0 Å². The Morgan fingerprint density at radius 1 is 1.11 bits per heavy atom. The summed E-state index contributed by atoms with van der Waals surface area (Å²) in [6, 6.07) is 8.72. The maximum absolute atomic E-state index is 10.4. The average molecular weight is 606 g/mol. The van der Waals surface area contributed by atoms with Crippen LogP contribution in [0.3, 0.4) is 0 Å². The van der Waals surface area contributed by atoms with Gasteiger partial charge in [-0.05, 0) is 73.2 Å². The molecule has 3 fully saturated rings. The van der Waals surface area contributed by atoms with Crippen molar-refractivity contribution in [3.8, 4) is 11.3 Å². The molecule has 44 heavy (non-hydrogen) atoms. The van der Waals surface area contributed by atoms with Gasteiger partial charge in [0.05, 0.1) is 30.2 Å². The fourth-order valence-corrected chi connectivity index (χ4v) is 6.81. The van der Waals surface area contributed by atoms with Gasteiger partial charge in [-0.2, -0.15) is 0 Å². The quantitative estimate of drug-likeness (QED) is 0.255. The number of methoxy groups -OCH3 is 1. The van der Waals surface area contributed by atoms with Crippen molar-refractivity contribution < 1.29 is 29.4 Å². The monoisotopic (exact) mass is 605 g/mol. The molecule has 6 rings (SSSR count). The van der Waals surface area contributed by atoms with Gasteiger partial charge < -0.3 is 33.9 Å². The molecule has 9 nitrogen and oxygen atoms in total. The van der Waals surface area contributed by atoms with Gasteiger partial charge >= 0.3 is 7.12 Å². The third kappa shape index (κ3) is 6.63. The van der Waals surface area contributed by atoms with Crippen LogP contribution in [0.25, 0.3) is 22.2 Å². The average Bonchev–Trinajstić information content (AvgIpc) is 3.79. The molecule has 2 aromatic heterocycles. The van der Waals surface area contributed by atoms with Crippen LogP contribution in [0.15, 0.2) is 30.5 Å². The maximum atomic E-state index is 10.4. The Morgan fingerprint density at radius 2 is 1.86 bits per heavy atom. The zero-order valence-corrected chi connectivity index (χ0v) is 26.7. The molecule has 0 unspecified atom stereocenters. The molecule has 3 aromatic rings. The van der Waals surface area contributed by atoms with Gasteiger partial charge in [-0.25, -0.2) is 0 Å². The highest BCUT2D eigenvalue weighted by atomic mass is 16.5. The maximum Gasteiger partial charge on any atom is 0.488 e. The van der Waals surface area contributed by atoms with Gasteiger partial charge in [-0.15, -0.1) is 0 Å². The number of hydrogen-bond acceptors (Lipinski definition) is 8. The van der Waals surface area contributed by atoms with E-state index >= 15 is 0 Å². The first-order chi connectivity index (χ1) is 21.2. The molecular formula is C34H48BN3O6. The van der Waals surface area contributed by atoms with Crippen molar-refractivity contribution >= 4 is 23.5 Å². The van der Waals surface area contributed by atoms with Crippen LogP contribution in [-0.4, -0.2) is 95.5 Å². The molecule has 2 saturated heterocycles. The number of nitrogens with zero attached hydrogens (tertiary/aromatic N) is 3. The molecular weight excluding hydrogens is 557 g/mol. The highest BCUT2D eigenvalue weighted by molar-refractivity contribution is 6.58. The van der Waals surface area contributed by atoms with Crippen LogP contribution >= 0.6 is 0 Å². The highest BCUT2D eigenvalue weighted by Gasteiger charge is 2.39. The smallest absolute Gasteiger partial charge is 0.423 e. The number of likely N-dealkylation sites (tertiary alicyclic amines) is 1. The topological polar surface area (TPSA) is 109 Å². The fourth-order valence-electron chi connectivity index (χ4n) is 6.81. The molecule has 3 N–H and O–H groups in total. The molecule has 1 atom stereocenters. The molecule has 1 saturated carbocycles. The SMILES string of the molecule is CO[C@@H](C)c1ncc(C2CN(C3CC3)C2)cc1-c1c(CC(C)(C)CO)c2cc(B(O)O)ccc2n1CCOC1CCOCC1. The number of pyridine rings is 1. The Bertz CT molecular complexity index is 1440. The van der Waals surface area contributed by atoms with Gasteiger partial charge in [0, 0.05) is 81.2 Å². The number of fused-ring (bicyclic) bond motifs is 1. The molecule has 10 heteroatoms. The summed E-state index contributed by atoms with van der Waals surface area (Å²) in [4.78, 5) is 7.63. The zero-order valence-electron chi connectivity index (χ0n) is 26.7. The lowest BCUT2D eigenvalue weighted by atomic mass is 9.78. The minimum atomic E-state index is -1.58. The van der Waals surface area contributed by atoms with E-state index in [4.69, 9.17) is 19.2 Å². The lowest BCUT2D eigenvalue weighted by Crippen LogP contribution is -2.46. The van der Waals surface area contributed by atoms with Crippen LogP contribution in [-0.2, 0) is 27.2 Å². The van der Waals surface area contributed by atoms with E-state index in [2.05, 4.69) is 29.4 Å². The van der Waals surface area contributed by atoms with Crippen LogP contribution in [0.5, 0.6) is 0 Å². The highest BCUT2D eigenvalue weighted by Crippen LogP contribution is 2.43. The van der Waals surface area contributed by atoms with Crippen molar-refractivity contribution in [2.24, 2.45) is 5.41 Å². The molecule has 1 aliphatic carbocycles. The summed E-state index contributed by atoms with van der Waals surface area (Å²) in [5.41, 5.74) is 6.25. The molecule has 2 aliphatic heterocycles. The molecule has 0 amide bonds. The Hall–Kier alpha value is -2.31. The Morgan fingerprint density at radius 3 is 2.52 bits per heavy atom. The lowest BCUT2D eigenvalue weighted by Gasteiger charge is -2.40. The van der Waals surface area contributed by atoms with Crippen LogP contribution in [0.2, 0.25) is 0 Å². The largest absolute Gasteiger partial charge is 0.488 e. The molecule has 4 heterocycles. The van der Waals surface area contributed by atoms with Gasteiger partial charge in [-0.3, -0.25) is 9.88 Å². The van der Waals surface area contributed by atoms with Crippen molar-refractivity contribution in [3.05, 3.63) is 47.3 Å². The van der Waals surface area contributed by atoms with Crippen LogP contribution < -0.4 is 5.46 Å². The molecule has 1 aromatic carbocycles. The van der Waals surface area contributed by atoms with Crippen molar-refractivity contribution in [2.75, 3.05) is 46.6 Å². The summed E-state index contributed by atoms with van der Waals surface area (Å²) in [5.74, 6) is 0.442. The molecule has 0 spiro atoms. The number of aromatic nitrogens is 2. The van der Waals surface area contributed by atoms with Gasteiger partial charge in [0.25, 0.3) is 0 Å². The minimum absolute atomic E-state index is 0.0208. The normalized spacial score (nSPS) is 19.4. The van der Waals surface area contributed by atoms with Crippen molar-refractivity contribution in [3.63, 3.8) is 0 Å². The van der Waals surface area contributed by atoms with E-state index in [1.54, 1.807) is 13.2 Å². The first kappa shape index (κ1) is 31.7. The van der Waals surface area contributed by atoms with Crippen LogP contribution in [0, 0.1) is 5.41 Å². The number of aliphatic hydroxyl groups is 1. The third-order valence-corrected chi connectivity index (χ3v) is 9.79. The second kappa shape index (κ2) is 13.2. The Kier molecular flexibility index (Phi) is 9.50. The minimum Gasteiger partial charge on any atom is -0.423 e. The number of rotatable bonds is 13. The van der Waals surface area contributed by atoms with Crippen molar-refractivity contribution in [2.45, 2.75) is 83.6 Å². The first-order valence-electron chi connectivity index (χ1n) is 16.3. The van der Waals surface area contributed by atoms with Crippen molar-refractivity contribution in [1.82, 2.24) is 14.5 Å². The van der Waals surface area contributed by atoms with E-state index in [0.717, 1.165) is 78.6 Å². The van der Waals surface area contributed by atoms with E-state index in [1.165, 1.54) is 18.4 Å². The first-order valence-corrected chi connectivity index (χ1v) is 16.3. The fraction of sp³-hybridized carbons (Fsp3) is 0.618. The summed E-state index contributed by atoms with van der Waals surface area (Å²) < 4.78 is 20.1.